The molecule has 2 aromatic heterocycles. The summed E-state index contributed by atoms with van der Waals surface area (Å²) in [6.45, 7) is 0.265. The van der Waals surface area contributed by atoms with Crippen molar-refractivity contribution in [1.29, 1.82) is 0 Å². The van der Waals surface area contributed by atoms with Crippen molar-refractivity contribution < 1.29 is 29.3 Å². The second-order valence-electron chi connectivity index (χ2n) is 7.87. The molecule has 1 aromatic carbocycles. The van der Waals surface area contributed by atoms with Gasteiger partial charge in [-0.2, -0.15) is 0 Å². The summed E-state index contributed by atoms with van der Waals surface area (Å²) in [5.74, 6) is -2.55. The first-order valence-electron chi connectivity index (χ1n) is 10.4. The highest BCUT2D eigenvalue weighted by atomic mass is 32.2. The van der Waals surface area contributed by atoms with Gasteiger partial charge in [-0.25, -0.2) is 9.55 Å². The van der Waals surface area contributed by atoms with E-state index in [2.05, 4.69) is 15.5 Å². The van der Waals surface area contributed by atoms with E-state index in [4.69, 9.17) is 5.73 Å². The minimum absolute atomic E-state index is 0.0671. The van der Waals surface area contributed by atoms with Gasteiger partial charge in [-0.3, -0.25) is 14.5 Å². The Bertz CT molecular complexity index is 1430. The van der Waals surface area contributed by atoms with E-state index >= 15 is 0 Å². The maximum atomic E-state index is 12.9. The van der Waals surface area contributed by atoms with Crippen LogP contribution >= 0.6 is 23.1 Å². The lowest BCUT2D eigenvalue weighted by molar-refractivity contribution is -0.687. The maximum Gasteiger partial charge on any atom is 0.276 e. The smallest absolute Gasteiger partial charge is 0.276 e. The highest BCUT2D eigenvalue weighted by Gasteiger charge is 2.53. The number of nitrogens with zero attached hydrogens (tertiary/aromatic N) is 4. The molecule has 5 rings (SSSR count). The van der Waals surface area contributed by atoms with E-state index in [1.165, 1.54) is 17.1 Å². The molecule has 3 aromatic rings. The molecule has 1 unspecified atom stereocenters. The number of pyridine rings is 1. The van der Waals surface area contributed by atoms with Crippen LogP contribution in [0.5, 0.6) is 0 Å². The number of carbonyl (C=O) groups excluding carboxylic acids is 3. The molecule has 1 saturated heterocycles. The van der Waals surface area contributed by atoms with Crippen LogP contribution in [0.1, 0.15) is 5.69 Å². The molecule has 35 heavy (non-hydrogen) atoms. The number of carbonyl (C=O) groups is 3. The second-order valence-corrected chi connectivity index (χ2v) is 9.86. The zero-order valence-electron chi connectivity index (χ0n) is 18.0. The summed E-state index contributed by atoms with van der Waals surface area (Å²) >= 11 is 2.39. The SMILES string of the molecule is Nc1nc(C(=NO)C(=O)NC2C(=O)N3C(C(=O)[O-])=C(C[n+]4ccc5ccccc5c4)CS[C@@H]23)cs1. The van der Waals surface area contributed by atoms with Gasteiger partial charge in [-0.15, -0.1) is 23.1 Å². The number of aromatic nitrogens is 2. The number of hydrogen-bond acceptors (Lipinski definition) is 10. The molecule has 0 saturated carbocycles. The number of amides is 2. The molecule has 4 N–H and O–H groups in total. The fourth-order valence-electron chi connectivity index (χ4n) is 4.11. The molecule has 2 atom stereocenters. The molecule has 0 aliphatic carbocycles. The van der Waals surface area contributed by atoms with Crippen molar-refractivity contribution >= 4 is 62.5 Å². The first-order valence-corrected chi connectivity index (χ1v) is 12.3. The third-order valence-corrected chi connectivity index (χ3v) is 7.74. The molecule has 0 spiro atoms. The number of hydrogen-bond donors (Lipinski definition) is 3. The topological polar surface area (TPSA) is 165 Å². The van der Waals surface area contributed by atoms with Crippen LogP contribution in [0.3, 0.4) is 0 Å². The molecule has 4 heterocycles. The zero-order valence-corrected chi connectivity index (χ0v) is 19.6. The van der Waals surface area contributed by atoms with Crippen molar-refractivity contribution in [1.82, 2.24) is 15.2 Å². The Morgan fingerprint density at radius 1 is 1.31 bits per heavy atom. The minimum Gasteiger partial charge on any atom is -0.543 e. The Morgan fingerprint density at radius 2 is 2.09 bits per heavy atom. The van der Waals surface area contributed by atoms with Gasteiger partial charge in [-0.1, -0.05) is 23.4 Å². The van der Waals surface area contributed by atoms with E-state index in [0.717, 1.165) is 27.0 Å². The quantitative estimate of drug-likeness (QED) is 0.131. The molecule has 0 radical (unpaired) electrons. The molecular weight excluding hydrogens is 492 g/mol. The summed E-state index contributed by atoms with van der Waals surface area (Å²) in [6, 6.07) is 8.74. The van der Waals surface area contributed by atoms with Gasteiger partial charge in [0.25, 0.3) is 11.8 Å². The Hall–Kier alpha value is -3.97. The number of nitrogen functional groups attached to an aromatic ring is 1. The standard InChI is InChI=1S/C22H18N6O5S2/c23-22-24-14(10-35-22)15(26-33)18(29)25-16-19(30)28-17(21(31)32)13(9-34-20(16)28)8-27-6-5-11-3-1-2-4-12(11)7-27/h1-7,10,16,20H,8-9H2,(H4-,23,24,25,29,31,32,33)/t16?,20-/m0/s1. The summed E-state index contributed by atoms with van der Waals surface area (Å²) in [6.07, 6.45) is 3.76. The Kier molecular flexibility index (Phi) is 5.86. The third-order valence-electron chi connectivity index (χ3n) is 5.73. The van der Waals surface area contributed by atoms with Gasteiger partial charge in [0.05, 0.1) is 11.7 Å². The van der Waals surface area contributed by atoms with Crippen molar-refractivity contribution in [3.8, 4) is 0 Å². The number of carboxylic acid groups (broad SMARTS) is 1. The van der Waals surface area contributed by atoms with Gasteiger partial charge < -0.3 is 26.2 Å². The monoisotopic (exact) mass is 510 g/mol. The number of carboxylic acids is 1. The number of nitrogens with two attached hydrogens (primary N) is 1. The van der Waals surface area contributed by atoms with Crippen LogP contribution in [-0.4, -0.2) is 55.8 Å². The Morgan fingerprint density at radius 3 is 2.77 bits per heavy atom. The largest absolute Gasteiger partial charge is 0.543 e. The van der Waals surface area contributed by atoms with Crippen LogP contribution < -0.4 is 20.7 Å². The molecule has 0 bridgehead atoms. The summed E-state index contributed by atoms with van der Waals surface area (Å²) < 4.78 is 1.86. The Labute approximate surface area is 206 Å². The molecule has 2 aliphatic rings. The molecule has 1 fully saturated rings. The molecule has 13 heteroatoms. The van der Waals surface area contributed by atoms with Crippen molar-refractivity contribution in [3.63, 3.8) is 0 Å². The average Bonchev–Trinajstić information content (AvgIpc) is 3.28. The molecular formula is C22H18N6O5S2. The summed E-state index contributed by atoms with van der Waals surface area (Å²) in [5.41, 5.74) is 5.58. The number of nitrogens with one attached hydrogen (secondary N) is 1. The van der Waals surface area contributed by atoms with Crippen molar-refractivity contribution in [3.05, 3.63) is 65.1 Å². The number of benzene rings is 1. The van der Waals surface area contributed by atoms with E-state index in [9.17, 15) is 24.7 Å². The number of rotatable bonds is 6. The lowest BCUT2D eigenvalue weighted by Gasteiger charge is -2.50. The van der Waals surface area contributed by atoms with Gasteiger partial charge in [0.15, 0.2) is 29.8 Å². The molecule has 11 nitrogen and oxygen atoms in total. The van der Waals surface area contributed by atoms with Crippen LogP contribution in [0.2, 0.25) is 0 Å². The summed E-state index contributed by atoms with van der Waals surface area (Å²) in [7, 11) is 0. The number of β-lactam (4-membered cyclic amide) rings is 1. The van der Waals surface area contributed by atoms with E-state index < -0.39 is 34.9 Å². The van der Waals surface area contributed by atoms with Gasteiger partial charge in [0, 0.05) is 28.2 Å². The fourth-order valence-corrected chi connectivity index (χ4v) is 5.99. The summed E-state index contributed by atoms with van der Waals surface area (Å²) in [5, 5.41) is 29.8. The zero-order chi connectivity index (χ0) is 24.7. The van der Waals surface area contributed by atoms with Gasteiger partial charge in [0.1, 0.15) is 17.1 Å². The van der Waals surface area contributed by atoms with Gasteiger partial charge in [-0.05, 0) is 11.5 Å². The normalized spacial score (nSPS) is 19.9. The lowest BCUT2D eigenvalue weighted by Crippen LogP contribution is -2.71. The number of oxime groups is 1. The van der Waals surface area contributed by atoms with Crippen molar-refractivity contribution in [2.45, 2.75) is 18.0 Å². The number of fused-ring (bicyclic) bond motifs is 2. The van der Waals surface area contributed by atoms with Crippen LogP contribution in [-0.2, 0) is 20.9 Å². The van der Waals surface area contributed by atoms with Crippen LogP contribution in [0.15, 0.2) is 64.5 Å². The van der Waals surface area contributed by atoms with E-state index in [0.29, 0.717) is 11.3 Å². The van der Waals surface area contributed by atoms with E-state index in [1.54, 1.807) is 0 Å². The van der Waals surface area contributed by atoms with Crippen LogP contribution in [0.4, 0.5) is 5.13 Å². The predicted molar refractivity (Wildman–Crippen MR) is 126 cm³/mol. The molecule has 178 valence electrons. The second kappa shape index (κ2) is 9.00. The first kappa shape index (κ1) is 22.8. The number of thiazole rings is 1. The van der Waals surface area contributed by atoms with E-state index in [1.807, 2.05) is 47.3 Å². The number of thioether (sulfide) groups is 1. The highest BCUT2D eigenvalue weighted by Crippen LogP contribution is 2.40. The van der Waals surface area contributed by atoms with Crippen LogP contribution in [0.25, 0.3) is 10.8 Å². The van der Waals surface area contributed by atoms with Gasteiger partial charge >= 0.3 is 0 Å². The van der Waals surface area contributed by atoms with Crippen molar-refractivity contribution in [2.24, 2.45) is 5.16 Å². The first-order chi connectivity index (χ1) is 16.9. The third kappa shape index (κ3) is 4.08. The fraction of sp³-hybridized carbons (Fsp3) is 0.182. The minimum atomic E-state index is -1.46. The van der Waals surface area contributed by atoms with Crippen LogP contribution in [0, 0.1) is 0 Å². The maximum absolute atomic E-state index is 12.9. The predicted octanol–water partition coefficient (Wildman–Crippen LogP) is -0.552. The number of aliphatic carboxylic acids is 1. The number of anilines is 1. The average molecular weight is 511 g/mol. The Balaban J connectivity index is 1.36. The van der Waals surface area contributed by atoms with E-state index in [-0.39, 0.29) is 23.1 Å². The highest BCUT2D eigenvalue weighted by molar-refractivity contribution is 8.00. The summed E-state index contributed by atoms with van der Waals surface area (Å²) in [4.78, 5) is 42.6. The molecule has 2 amide bonds. The van der Waals surface area contributed by atoms with Gasteiger partial charge in [0.2, 0.25) is 0 Å². The van der Waals surface area contributed by atoms with Crippen molar-refractivity contribution in [2.75, 3.05) is 11.5 Å². The molecule has 2 aliphatic heterocycles. The lowest BCUT2D eigenvalue weighted by atomic mass is 10.0.